The topological polar surface area (TPSA) is 105 Å². The normalized spacial score (nSPS) is 15.8. The van der Waals surface area contributed by atoms with Gasteiger partial charge in [-0.15, -0.1) is 0 Å². The second-order valence-electron chi connectivity index (χ2n) is 4.48. The van der Waals surface area contributed by atoms with Gasteiger partial charge in [0, 0.05) is 24.3 Å². The minimum atomic E-state index is -0.551. The van der Waals surface area contributed by atoms with Crippen LogP contribution in [-0.4, -0.2) is 17.5 Å². The van der Waals surface area contributed by atoms with Gasteiger partial charge in [-0.05, 0) is 30.9 Å². The second-order valence-corrected chi connectivity index (χ2v) is 4.48. The van der Waals surface area contributed by atoms with Gasteiger partial charge in [0.1, 0.15) is 11.6 Å². The molecular formula is C12H14N4O2. The third kappa shape index (κ3) is 2.76. The third-order valence-electron chi connectivity index (χ3n) is 3.08. The quantitative estimate of drug-likeness (QED) is 0.606. The Morgan fingerprint density at radius 3 is 2.89 bits per heavy atom. The van der Waals surface area contributed by atoms with E-state index in [-0.39, 0.29) is 17.3 Å². The van der Waals surface area contributed by atoms with E-state index in [1.807, 2.05) is 0 Å². The van der Waals surface area contributed by atoms with E-state index in [9.17, 15) is 10.1 Å². The number of nitrogens with one attached hydrogen (secondary N) is 1. The SMILES string of the molecule is N#Cc1ccc(NCC(N)C2CC2)cc1[N+](=O)[O-]. The fraction of sp³-hybridized carbons (Fsp3) is 0.417. The highest BCUT2D eigenvalue weighted by atomic mass is 16.6. The molecule has 0 spiro atoms. The molecule has 6 heteroatoms. The van der Waals surface area contributed by atoms with Crippen LogP contribution >= 0.6 is 0 Å². The van der Waals surface area contributed by atoms with E-state index in [0.717, 1.165) is 12.8 Å². The number of anilines is 1. The predicted molar refractivity (Wildman–Crippen MR) is 67.0 cm³/mol. The summed E-state index contributed by atoms with van der Waals surface area (Å²) in [5.41, 5.74) is 6.44. The van der Waals surface area contributed by atoms with Crippen molar-refractivity contribution in [3.05, 3.63) is 33.9 Å². The number of nitro benzene ring substituents is 1. The fourth-order valence-electron chi connectivity index (χ4n) is 1.81. The number of nitriles is 1. The zero-order chi connectivity index (χ0) is 13.1. The van der Waals surface area contributed by atoms with Crippen molar-refractivity contribution >= 4 is 11.4 Å². The van der Waals surface area contributed by atoms with E-state index in [2.05, 4.69) is 5.32 Å². The van der Waals surface area contributed by atoms with E-state index in [0.29, 0.717) is 18.2 Å². The monoisotopic (exact) mass is 246 g/mol. The number of nitrogens with two attached hydrogens (primary N) is 1. The maximum Gasteiger partial charge on any atom is 0.289 e. The molecule has 1 atom stereocenters. The molecule has 6 nitrogen and oxygen atoms in total. The van der Waals surface area contributed by atoms with Crippen molar-refractivity contribution in [3.63, 3.8) is 0 Å². The zero-order valence-electron chi connectivity index (χ0n) is 9.80. The van der Waals surface area contributed by atoms with E-state index in [4.69, 9.17) is 11.0 Å². The lowest BCUT2D eigenvalue weighted by Crippen LogP contribution is -2.31. The smallest absolute Gasteiger partial charge is 0.289 e. The Balaban J connectivity index is 2.06. The van der Waals surface area contributed by atoms with E-state index in [1.54, 1.807) is 12.1 Å². The van der Waals surface area contributed by atoms with Crippen LogP contribution in [0.2, 0.25) is 0 Å². The van der Waals surface area contributed by atoms with E-state index >= 15 is 0 Å². The first-order chi connectivity index (χ1) is 8.61. The summed E-state index contributed by atoms with van der Waals surface area (Å²) in [5.74, 6) is 0.575. The first kappa shape index (κ1) is 12.3. The Kier molecular flexibility index (Phi) is 3.44. The molecule has 0 bridgehead atoms. The van der Waals surface area contributed by atoms with Crippen molar-refractivity contribution in [2.45, 2.75) is 18.9 Å². The molecule has 94 valence electrons. The number of hydrogen-bond donors (Lipinski definition) is 2. The lowest BCUT2D eigenvalue weighted by molar-refractivity contribution is -0.385. The molecule has 0 amide bonds. The van der Waals surface area contributed by atoms with Gasteiger partial charge in [-0.2, -0.15) is 5.26 Å². The van der Waals surface area contributed by atoms with Crippen molar-refractivity contribution in [2.24, 2.45) is 11.7 Å². The van der Waals surface area contributed by atoms with E-state index < -0.39 is 4.92 Å². The van der Waals surface area contributed by atoms with Crippen molar-refractivity contribution in [1.82, 2.24) is 0 Å². The van der Waals surface area contributed by atoms with Crippen LogP contribution in [0.25, 0.3) is 0 Å². The molecule has 3 N–H and O–H groups in total. The molecular weight excluding hydrogens is 232 g/mol. The molecule has 1 aliphatic carbocycles. The van der Waals surface area contributed by atoms with Crippen LogP contribution in [0.4, 0.5) is 11.4 Å². The summed E-state index contributed by atoms with van der Waals surface area (Å²) in [4.78, 5) is 10.2. The molecule has 1 aromatic carbocycles. The summed E-state index contributed by atoms with van der Waals surface area (Å²) >= 11 is 0. The van der Waals surface area contributed by atoms with Crippen molar-refractivity contribution < 1.29 is 4.92 Å². The lowest BCUT2D eigenvalue weighted by atomic mass is 10.1. The zero-order valence-corrected chi connectivity index (χ0v) is 9.80. The number of hydrogen-bond acceptors (Lipinski definition) is 5. The first-order valence-corrected chi connectivity index (χ1v) is 5.80. The number of benzene rings is 1. The molecule has 0 radical (unpaired) electrons. The molecule has 0 heterocycles. The minimum Gasteiger partial charge on any atom is -0.383 e. The molecule has 2 rings (SSSR count). The van der Waals surface area contributed by atoms with Crippen molar-refractivity contribution in [2.75, 3.05) is 11.9 Å². The highest BCUT2D eigenvalue weighted by molar-refractivity contribution is 5.59. The highest BCUT2D eigenvalue weighted by Crippen LogP contribution is 2.31. The van der Waals surface area contributed by atoms with Crippen LogP contribution in [0.3, 0.4) is 0 Å². The maximum atomic E-state index is 10.8. The minimum absolute atomic E-state index is 0.0667. The van der Waals surface area contributed by atoms with Crippen LogP contribution in [-0.2, 0) is 0 Å². The average molecular weight is 246 g/mol. The van der Waals surface area contributed by atoms with Crippen LogP contribution in [0.15, 0.2) is 18.2 Å². The number of nitrogens with zero attached hydrogens (tertiary/aromatic N) is 2. The van der Waals surface area contributed by atoms with Gasteiger partial charge in [0.05, 0.1) is 4.92 Å². The van der Waals surface area contributed by atoms with Crippen LogP contribution < -0.4 is 11.1 Å². The standard InChI is InChI=1S/C12H14N4O2/c13-6-9-3-4-10(5-12(9)16(17)18)15-7-11(14)8-1-2-8/h3-5,8,11,15H,1-2,7,14H2. The lowest BCUT2D eigenvalue weighted by Gasteiger charge is -2.12. The highest BCUT2D eigenvalue weighted by Gasteiger charge is 2.28. The van der Waals surface area contributed by atoms with Gasteiger partial charge in [-0.25, -0.2) is 0 Å². The summed E-state index contributed by atoms with van der Waals surface area (Å²) in [7, 11) is 0. The number of rotatable bonds is 5. The molecule has 0 aromatic heterocycles. The Morgan fingerprint density at radius 1 is 1.61 bits per heavy atom. The average Bonchev–Trinajstić information content (AvgIpc) is 3.19. The van der Waals surface area contributed by atoms with Gasteiger partial charge in [0.15, 0.2) is 0 Å². The molecule has 1 unspecified atom stereocenters. The Hall–Kier alpha value is -2.13. The van der Waals surface area contributed by atoms with Gasteiger partial charge in [-0.3, -0.25) is 10.1 Å². The molecule has 0 aliphatic heterocycles. The van der Waals surface area contributed by atoms with Gasteiger partial charge in [-0.1, -0.05) is 0 Å². The summed E-state index contributed by atoms with van der Waals surface area (Å²) in [6, 6.07) is 6.36. The maximum absolute atomic E-state index is 10.8. The molecule has 1 aliphatic rings. The van der Waals surface area contributed by atoms with Crippen LogP contribution in [0.5, 0.6) is 0 Å². The van der Waals surface area contributed by atoms with Gasteiger partial charge >= 0.3 is 0 Å². The Labute approximate surface area is 105 Å². The van der Waals surface area contributed by atoms with Crippen LogP contribution in [0, 0.1) is 27.4 Å². The number of nitro groups is 1. The predicted octanol–water partition coefficient (Wildman–Crippen LogP) is 1.62. The molecule has 0 saturated heterocycles. The molecule has 18 heavy (non-hydrogen) atoms. The fourth-order valence-corrected chi connectivity index (χ4v) is 1.81. The summed E-state index contributed by atoms with van der Waals surface area (Å²) < 4.78 is 0. The van der Waals surface area contributed by atoms with Crippen LogP contribution in [0.1, 0.15) is 18.4 Å². The largest absolute Gasteiger partial charge is 0.383 e. The Bertz CT molecular complexity index is 505. The second kappa shape index (κ2) is 5.02. The Morgan fingerprint density at radius 2 is 2.33 bits per heavy atom. The third-order valence-corrected chi connectivity index (χ3v) is 3.08. The summed E-state index contributed by atoms with van der Waals surface area (Å²) in [6.07, 6.45) is 2.33. The van der Waals surface area contributed by atoms with E-state index in [1.165, 1.54) is 12.1 Å². The summed E-state index contributed by atoms with van der Waals surface area (Å²) in [6.45, 7) is 0.591. The molecule has 1 saturated carbocycles. The first-order valence-electron chi connectivity index (χ1n) is 5.80. The van der Waals surface area contributed by atoms with Gasteiger partial charge < -0.3 is 11.1 Å². The van der Waals surface area contributed by atoms with Gasteiger partial charge in [0.25, 0.3) is 5.69 Å². The van der Waals surface area contributed by atoms with Crippen molar-refractivity contribution in [3.8, 4) is 6.07 Å². The van der Waals surface area contributed by atoms with Crippen molar-refractivity contribution in [1.29, 1.82) is 5.26 Å². The van der Waals surface area contributed by atoms with Gasteiger partial charge in [0.2, 0.25) is 0 Å². The molecule has 1 aromatic rings. The summed E-state index contributed by atoms with van der Waals surface area (Å²) in [5, 5.41) is 22.6. The molecule has 1 fully saturated rings.